The summed E-state index contributed by atoms with van der Waals surface area (Å²) in [5.41, 5.74) is 5.27. The molecule has 2 aromatic carbocycles. The van der Waals surface area contributed by atoms with Crippen molar-refractivity contribution in [2.75, 3.05) is 16.0 Å². The monoisotopic (exact) mass is 389 g/mol. The lowest BCUT2D eigenvalue weighted by molar-refractivity contribution is -0.114. The van der Waals surface area contributed by atoms with Crippen LogP contribution in [0.15, 0.2) is 48.5 Å². The second-order valence-corrected chi connectivity index (χ2v) is 6.82. The molecule has 0 aliphatic carbocycles. The number of nitrogens with zero attached hydrogens (tertiary/aromatic N) is 2. The van der Waals surface area contributed by atoms with E-state index in [1.54, 1.807) is 30.3 Å². The van der Waals surface area contributed by atoms with Crippen molar-refractivity contribution in [3.05, 3.63) is 71.0 Å². The van der Waals surface area contributed by atoms with Gasteiger partial charge in [-0.3, -0.25) is 9.59 Å². The fourth-order valence-corrected chi connectivity index (χ4v) is 2.90. The van der Waals surface area contributed by atoms with Gasteiger partial charge in [-0.25, -0.2) is 9.97 Å². The van der Waals surface area contributed by atoms with Crippen molar-refractivity contribution >= 4 is 34.8 Å². The third-order valence-electron chi connectivity index (χ3n) is 4.27. The molecule has 0 atom stereocenters. The first-order chi connectivity index (χ1) is 13.8. The van der Waals surface area contributed by atoms with E-state index in [4.69, 9.17) is 0 Å². The predicted octanol–water partition coefficient (Wildman–Crippen LogP) is 4.36. The van der Waals surface area contributed by atoms with Crippen molar-refractivity contribution in [2.45, 2.75) is 27.7 Å². The van der Waals surface area contributed by atoms with Crippen LogP contribution in [0.4, 0.5) is 23.0 Å². The van der Waals surface area contributed by atoms with Gasteiger partial charge < -0.3 is 16.0 Å². The van der Waals surface area contributed by atoms with Crippen molar-refractivity contribution < 1.29 is 9.59 Å². The molecule has 7 nitrogen and oxygen atoms in total. The minimum Gasteiger partial charge on any atom is -0.326 e. The van der Waals surface area contributed by atoms with E-state index < -0.39 is 0 Å². The van der Waals surface area contributed by atoms with Crippen LogP contribution in [-0.4, -0.2) is 21.8 Å². The minimum atomic E-state index is -0.340. The maximum Gasteiger partial charge on any atom is 0.274 e. The van der Waals surface area contributed by atoms with E-state index in [-0.39, 0.29) is 17.5 Å². The lowest BCUT2D eigenvalue weighted by Crippen LogP contribution is -2.16. The summed E-state index contributed by atoms with van der Waals surface area (Å²) in [6.07, 6.45) is 0. The van der Waals surface area contributed by atoms with Crippen LogP contribution in [0, 0.1) is 20.8 Å². The van der Waals surface area contributed by atoms with E-state index in [0.717, 1.165) is 16.8 Å². The molecular formula is C22H23N5O2. The highest BCUT2D eigenvalue weighted by atomic mass is 16.2. The molecule has 1 heterocycles. The Bertz CT molecular complexity index is 1040. The molecule has 0 saturated carbocycles. The molecule has 3 rings (SSSR count). The Kier molecular flexibility index (Phi) is 5.87. The average molecular weight is 389 g/mol. The van der Waals surface area contributed by atoms with Gasteiger partial charge in [-0.05, 0) is 62.2 Å². The number of rotatable bonds is 5. The second-order valence-electron chi connectivity index (χ2n) is 6.82. The molecular weight excluding hydrogens is 366 g/mol. The van der Waals surface area contributed by atoms with Crippen molar-refractivity contribution in [2.24, 2.45) is 0 Å². The number of nitrogens with one attached hydrogen (secondary N) is 3. The molecule has 29 heavy (non-hydrogen) atoms. The van der Waals surface area contributed by atoms with E-state index in [0.29, 0.717) is 23.0 Å². The largest absolute Gasteiger partial charge is 0.326 e. The lowest BCUT2D eigenvalue weighted by atomic mass is 10.1. The zero-order valence-corrected chi connectivity index (χ0v) is 16.8. The summed E-state index contributed by atoms with van der Waals surface area (Å²) in [5.74, 6) is -0.122. The summed E-state index contributed by atoms with van der Waals surface area (Å²) in [7, 11) is 0. The molecule has 2 amide bonds. The Balaban J connectivity index is 1.78. The van der Waals surface area contributed by atoms with Crippen LogP contribution in [0.5, 0.6) is 0 Å². The van der Waals surface area contributed by atoms with Crippen molar-refractivity contribution in [3.8, 4) is 0 Å². The maximum atomic E-state index is 12.7. The van der Waals surface area contributed by atoms with Crippen LogP contribution >= 0.6 is 0 Å². The summed E-state index contributed by atoms with van der Waals surface area (Å²) in [4.78, 5) is 32.5. The standard InChI is InChI=1S/C22H23N5O2/c1-13-6-5-7-14(2)20(13)27-22-23-15(3)12-19(26-22)21(29)25-18-10-8-17(9-11-18)24-16(4)28/h5-12H,1-4H3,(H,24,28)(H,25,29)(H,23,26,27). The number of amides is 2. The van der Waals surface area contributed by atoms with Crippen LogP contribution in [0.2, 0.25) is 0 Å². The lowest BCUT2D eigenvalue weighted by Gasteiger charge is -2.13. The van der Waals surface area contributed by atoms with Crippen LogP contribution < -0.4 is 16.0 Å². The number of benzene rings is 2. The SMILES string of the molecule is CC(=O)Nc1ccc(NC(=O)c2cc(C)nc(Nc3c(C)cccc3C)n2)cc1. The molecule has 3 N–H and O–H groups in total. The predicted molar refractivity (Wildman–Crippen MR) is 115 cm³/mol. The first-order valence-corrected chi connectivity index (χ1v) is 9.20. The van der Waals surface area contributed by atoms with Gasteiger partial charge in [0.1, 0.15) is 5.69 Å². The van der Waals surface area contributed by atoms with Gasteiger partial charge in [-0.15, -0.1) is 0 Å². The summed E-state index contributed by atoms with van der Waals surface area (Å²) in [5, 5.41) is 8.72. The number of anilines is 4. The van der Waals surface area contributed by atoms with Gasteiger partial charge >= 0.3 is 0 Å². The molecule has 0 unspecified atom stereocenters. The van der Waals surface area contributed by atoms with Gasteiger partial charge in [0.15, 0.2) is 0 Å². The molecule has 3 aromatic rings. The smallest absolute Gasteiger partial charge is 0.274 e. The van der Waals surface area contributed by atoms with Crippen molar-refractivity contribution in [3.63, 3.8) is 0 Å². The Hall–Kier alpha value is -3.74. The van der Waals surface area contributed by atoms with Crippen molar-refractivity contribution in [1.29, 1.82) is 0 Å². The second kappa shape index (κ2) is 8.52. The molecule has 148 valence electrons. The summed E-state index contributed by atoms with van der Waals surface area (Å²) in [6.45, 7) is 7.26. The third-order valence-corrected chi connectivity index (χ3v) is 4.27. The van der Waals surface area contributed by atoms with E-state index in [2.05, 4.69) is 25.9 Å². The fraction of sp³-hybridized carbons (Fsp3) is 0.182. The fourth-order valence-electron chi connectivity index (χ4n) is 2.90. The van der Waals surface area contributed by atoms with Gasteiger partial charge in [-0.2, -0.15) is 0 Å². The van der Waals surface area contributed by atoms with E-state index >= 15 is 0 Å². The Morgan fingerprint density at radius 2 is 1.41 bits per heavy atom. The highest BCUT2D eigenvalue weighted by Gasteiger charge is 2.12. The number of carbonyl (C=O) groups excluding carboxylic acids is 2. The number of para-hydroxylation sites is 1. The van der Waals surface area contributed by atoms with E-state index in [1.165, 1.54) is 6.92 Å². The first kappa shape index (κ1) is 20.0. The molecule has 0 aliphatic rings. The minimum absolute atomic E-state index is 0.151. The molecule has 1 aromatic heterocycles. The van der Waals surface area contributed by atoms with E-state index in [9.17, 15) is 9.59 Å². The van der Waals surface area contributed by atoms with Crippen LogP contribution in [-0.2, 0) is 4.79 Å². The molecule has 0 spiro atoms. The molecule has 0 saturated heterocycles. The molecule has 0 bridgehead atoms. The van der Waals surface area contributed by atoms with Gasteiger partial charge in [0.2, 0.25) is 11.9 Å². The summed E-state index contributed by atoms with van der Waals surface area (Å²) < 4.78 is 0. The number of aryl methyl sites for hydroxylation is 3. The van der Waals surface area contributed by atoms with Gasteiger partial charge in [0, 0.05) is 29.7 Å². The topological polar surface area (TPSA) is 96.0 Å². The number of aromatic nitrogens is 2. The maximum absolute atomic E-state index is 12.7. The Morgan fingerprint density at radius 1 is 0.828 bits per heavy atom. The quantitative estimate of drug-likeness (QED) is 0.603. The van der Waals surface area contributed by atoms with E-state index in [1.807, 2.05) is 39.0 Å². The first-order valence-electron chi connectivity index (χ1n) is 9.20. The molecule has 7 heteroatoms. The zero-order valence-electron chi connectivity index (χ0n) is 16.8. The van der Waals surface area contributed by atoms with Gasteiger partial charge in [0.25, 0.3) is 5.91 Å². The molecule has 0 aliphatic heterocycles. The number of hydrogen-bond acceptors (Lipinski definition) is 5. The Morgan fingerprint density at radius 3 is 2.00 bits per heavy atom. The normalized spacial score (nSPS) is 10.3. The molecule has 0 radical (unpaired) electrons. The van der Waals surface area contributed by atoms with Crippen molar-refractivity contribution in [1.82, 2.24) is 9.97 Å². The average Bonchev–Trinajstić information content (AvgIpc) is 2.65. The highest BCUT2D eigenvalue weighted by molar-refractivity contribution is 6.03. The number of carbonyl (C=O) groups is 2. The van der Waals surface area contributed by atoms with Crippen LogP contribution in [0.3, 0.4) is 0 Å². The number of hydrogen-bond donors (Lipinski definition) is 3. The van der Waals surface area contributed by atoms with Gasteiger partial charge in [0.05, 0.1) is 0 Å². The highest BCUT2D eigenvalue weighted by Crippen LogP contribution is 2.23. The van der Waals surface area contributed by atoms with Gasteiger partial charge in [-0.1, -0.05) is 18.2 Å². The van der Waals surface area contributed by atoms with Crippen LogP contribution in [0.1, 0.15) is 34.2 Å². The zero-order chi connectivity index (χ0) is 21.0. The summed E-state index contributed by atoms with van der Waals surface area (Å²) >= 11 is 0. The molecule has 0 fully saturated rings. The summed E-state index contributed by atoms with van der Waals surface area (Å²) in [6, 6.07) is 14.5. The van der Waals surface area contributed by atoms with Crippen LogP contribution in [0.25, 0.3) is 0 Å². The third kappa shape index (κ3) is 5.16. The Labute approximate surface area is 169 Å².